The van der Waals surface area contributed by atoms with Gasteiger partial charge in [-0.1, -0.05) is 48.9 Å². The lowest BCUT2D eigenvalue weighted by molar-refractivity contribution is -0.132. The molecule has 1 heterocycles. The van der Waals surface area contributed by atoms with Gasteiger partial charge < -0.3 is 14.6 Å². The number of aryl methyl sites for hydroxylation is 1. The summed E-state index contributed by atoms with van der Waals surface area (Å²) in [6.07, 6.45) is 0.841. The van der Waals surface area contributed by atoms with Crippen LogP contribution in [-0.4, -0.2) is 31.0 Å². The fourth-order valence-corrected chi connectivity index (χ4v) is 4.33. The predicted molar refractivity (Wildman–Crippen MR) is 132 cm³/mol. The third-order valence-electron chi connectivity index (χ3n) is 5.93. The second-order valence-electron chi connectivity index (χ2n) is 7.78. The van der Waals surface area contributed by atoms with Crippen LogP contribution in [0.5, 0.6) is 11.5 Å². The monoisotopic (exact) mass is 477 g/mol. The maximum absolute atomic E-state index is 13.3. The lowest BCUT2D eigenvalue weighted by atomic mass is 9.94. The Hall–Kier alpha value is -3.77. The highest BCUT2D eigenvalue weighted by molar-refractivity contribution is 6.51. The first-order chi connectivity index (χ1) is 16.4. The Balaban J connectivity index is 1.96. The van der Waals surface area contributed by atoms with E-state index in [0.29, 0.717) is 33.3 Å². The number of hydrogen-bond acceptors (Lipinski definition) is 5. The molecule has 1 unspecified atom stereocenters. The van der Waals surface area contributed by atoms with Crippen molar-refractivity contribution in [1.82, 2.24) is 0 Å². The van der Waals surface area contributed by atoms with Crippen molar-refractivity contribution < 1.29 is 24.2 Å². The zero-order chi connectivity index (χ0) is 24.4. The molecule has 7 heteroatoms. The van der Waals surface area contributed by atoms with Crippen LogP contribution < -0.4 is 14.4 Å². The minimum Gasteiger partial charge on any atom is -0.507 e. The number of amides is 1. The van der Waals surface area contributed by atoms with Crippen LogP contribution in [0.15, 0.2) is 72.3 Å². The molecule has 3 aromatic carbocycles. The molecule has 0 bridgehead atoms. The molecule has 6 nitrogen and oxygen atoms in total. The van der Waals surface area contributed by atoms with Crippen LogP contribution in [-0.2, 0) is 16.0 Å². The van der Waals surface area contributed by atoms with Gasteiger partial charge in [0.2, 0.25) is 0 Å². The highest BCUT2D eigenvalue weighted by Gasteiger charge is 2.47. The first kappa shape index (κ1) is 23.4. The van der Waals surface area contributed by atoms with E-state index in [0.717, 1.165) is 12.0 Å². The smallest absolute Gasteiger partial charge is 0.300 e. The lowest BCUT2D eigenvalue weighted by Gasteiger charge is -2.26. The highest BCUT2D eigenvalue weighted by atomic mass is 35.5. The van der Waals surface area contributed by atoms with Crippen molar-refractivity contribution in [2.45, 2.75) is 19.4 Å². The molecule has 1 atom stereocenters. The number of ketones is 1. The van der Waals surface area contributed by atoms with Crippen LogP contribution in [0.25, 0.3) is 5.76 Å². The molecule has 0 spiro atoms. The van der Waals surface area contributed by atoms with E-state index in [2.05, 4.69) is 0 Å². The second kappa shape index (κ2) is 9.61. The lowest BCUT2D eigenvalue weighted by Crippen LogP contribution is -2.29. The van der Waals surface area contributed by atoms with Gasteiger partial charge in [0.1, 0.15) is 17.3 Å². The summed E-state index contributed by atoms with van der Waals surface area (Å²) >= 11 is 6.14. The van der Waals surface area contributed by atoms with Gasteiger partial charge in [-0.25, -0.2) is 0 Å². The number of halogens is 1. The van der Waals surface area contributed by atoms with E-state index in [1.54, 1.807) is 48.5 Å². The molecule has 1 aliphatic rings. The number of carbonyl (C=O) groups excluding carboxylic acids is 2. The van der Waals surface area contributed by atoms with Crippen molar-refractivity contribution in [2.75, 3.05) is 19.1 Å². The quantitative estimate of drug-likeness (QED) is 0.286. The molecule has 0 saturated carbocycles. The van der Waals surface area contributed by atoms with Gasteiger partial charge in [-0.2, -0.15) is 0 Å². The molecule has 0 radical (unpaired) electrons. The van der Waals surface area contributed by atoms with Crippen LogP contribution in [0.2, 0.25) is 5.02 Å². The van der Waals surface area contributed by atoms with Gasteiger partial charge in [0, 0.05) is 16.8 Å². The Morgan fingerprint density at radius 1 is 0.971 bits per heavy atom. The van der Waals surface area contributed by atoms with Gasteiger partial charge in [-0.05, 0) is 48.4 Å². The number of ether oxygens (including phenoxy) is 2. The summed E-state index contributed by atoms with van der Waals surface area (Å²) < 4.78 is 10.8. The summed E-state index contributed by atoms with van der Waals surface area (Å²) in [6.45, 7) is 2.04. The Morgan fingerprint density at radius 3 is 2.29 bits per heavy atom. The Bertz CT molecular complexity index is 1280. The Labute approximate surface area is 203 Å². The molecule has 1 N–H and O–H groups in total. The Morgan fingerprint density at radius 2 is 1.65 bits per heavy atom. The average Bonchev–Trinajstić information content (AvgIpc) is 3.13. The van der Waals surface area contributed by atoms with Crippen LogP contribution >= 0.6 is 11.6 Å². The third kappa shape index (κ3) is 4.01. The molecule has 34 heavy (non-hydrogen) atoms. The van der Waals surface area contributed by atoms with E-state index in [4.69, 9.17) is 21.1 Å². The van der Waals surface area contributed by atoms with Gasteiger partial charge in [0.15, 0.2) is 0 Å². The topological polar surface area (TPSA) is 76.1 Å². The first-order valence-corrected chi connectivity index (χ1v) is 11.2. The standard InChI is InChI=1S/C27H24ClNO5/c1-4-16-9-12-18(13-10-16)29-24(19-7-5-6-8-21(19)33-2)23(26(31)27(29)32)25(30)17-11-14-20(28)22(15-17)34-3/h5-15,24,30H,4H2,1-3H3/b25-23+. The maximum Gasteiger partial charge on any atom is 0.300 e. The van der Waals surface area contributed by atoms with Crippen LogP contribution in [0.1, 0.15) is 29.7 Å². The van der Waals surface area contributed by atoms with Crippen molar-refractivity contribution in [1.29, 1.82) is 0 Å². The number of aliphatic hydroxyl groups is 1. The van der Waals surface area contributed by atoms with E-state index in [1.165, 1.54) is 25.2 Å². The van der Waals surface area contributed by atoms with Crippen LogP contribution in [0.4, 0.5) is 5.69 Å². The molecule has 0 aliphatic carbocycles. The fourth-order valence-electron chi connectivity index (χ4n) is 4.14. The summed E-state index contributed by atoms with van der Waals surface area (Å²) in [5.41, 5.74) is 2.48. The summed E-state index contributed by atoms with van der Waals surface area (Å²) in [5.74, 6) is -1.02. The molecular formula is C27H24ClNO5. The number of nitrogens with zero attached hydrogens (tertiary/aromatic N) is 1. The van der Waals surface area contributed by atoms with E-state index in [-0.39, 0.29) is 11.3 Å². The summed E-state index contributed by atoms with van der Waals surface area (Å²) in [4.78, 5) is 28.0. The van der Waals surface area contributed by atoms with Crippen molar-refractivity contribution >= 4 is 34.7 Å². The number of anilines is 1. The summed E-state index contributed by atoms with van der Waals surface area (Å²) in [5, 5.41) is 11.7. The van der Waals surface area contributed by atoms with Crippen molar-refractivity contribution in [2.24, 2.45) is 0 Å². The molecular weight excluding hydrogens is 454 g/mol. The summed E-state index contributed by atoms with van der Waals surface area (Å²) in [6, 6.07) is 18.3. The fraction of sp³-hybridized carbons (Fsp3) is 0.185. The number of carbonyl (C=O) groups is 2. The number of para-hydroxylation sites is 1. The number of benzene rings is 3. The van der Waals surface area contributed by atoms with Gasteiger partial charge >= 0.3 is 0 Å². The molecule has 3 aromatic rings. The third-order valence-corrected chi connectivity index (χ3v) is 6.24. The van der Waals surface area contributed by atoms with Gasteiger partial charge in [-0.3, -0.25) is 14.5 Å². The zero-order valence-electron chi connectivity index (χ0n) is 19.0. The number of aliphatic hydroxyl groups excluding tert-OH is 1. The van der Waals surface area contributed by atoms with Gasteiger partial charge in [-0.15, -0.1) is 0 Å². The van der Waals surface area contributed by atoms with Crippen molar-refractivity contribution in [3.63, 3.8) is 0 Å². The van der Waals surface area contributed by atoms with Crippen LogP contribution in [0.3, 0.4) is 0 Å². The van der Waals surface area contributed by atoms with Gasteiger partial charge in [0.05, 0.1) is 30.9 Å². The van der Waals surface area contributed by atoms with E-state index in [1.807, 2.05) is 19.1 Å². The molecule has 1 aliphatic heterocycles. The number of hydrogen-bond donors (Lipinski definition) is 1. The number of rotatable bonds is 6. The zero-order valence-corrected chi connectivity index (χ0v) is 19.8. The van der Waals surface area contributed by atoms with Crippen LogP contribution in [0, 0.1) is 0 Å². The van der Waals surface area contributed by atoms with Crippen molar-refractivity contribution in [3.05, 3.63) is 94.0 Å². The summed E-state index contributed by atoms with van der Waals surface area (Å²) in [7, 11) is 2.98. The minimum atomic E-state index is -0.898. The SMILES string of the molecule is CCc1ccc(N2C(=O)C(=O)/C(=C(/O)c3ccc(Cl)c(OC)c3)C2c2ccccc2OC)cc1. The molecule has 174 valence electrons. The number of Topliss-reactive ketones (excluding diaryl/α,β-unsaturated/α-hetero) is 1. The molecule has 1 amide bonds. The Kier molecular flexibility index (Phi) is 6.61. The first-order valence-electron chi connectivity index (χ1n) is 10.8. The minimum absolute atomic E-state index is 0.0431. The molecule has 4 rings (SSSR count). The van der Waals surface area contributed by atoms with E-state index < -0.39 is 17.7 Å². The largest absolute Gasteiger partial charge is 0.507 e. The van der Waals surface area contributed by atoms with E-state index >= 15 is 0 Å². The highest BCUT2D eigenvalue weighted by Crippen LogP contribution is 2.45. The molecule has 0 aromatic heterocycles. The van der Waals surface area contributed by atoms with Gasteiger partial charge in [0.25, 0.3) is 11.7 Å². The average molecular weight is 478 g/mol. The predicted octanol–water partition coefficient (Wildman–Crippen LogP) is 5.55. The second-order valence-corrected chi connectivity index (χ2v) is 8.19. The maximum atomic E-state index is 13.3. The normalized spacial score (nSPS) is 17.2. The number of methoxy groups -OCH3 is 2. The molecule has 1 saturated heterocycles. The van der Waals surface area contributed by atoms with E-state index in [9.17, 15) is 14.7 Å². The van der Waals surface area contributed by atoms with Crippen molar-refractivity contribution in [3.8, 4) is 11.5 Å². The molecule has 1 fully saturated rings.